The minimum absolute atomic E-state index is 0.0152. The fourth-order valence-electron chi connectivity index (χ4n) is 2.34. The predicted octanol–water partition coefficient (Wildman–Crippen LogP) is 1.18. The van der Waals surface area contributed by atoms with Crippen LogP contribution in [0, 0.1) is 0 Å². The van der Waals surface area contributed by atoms with Gasteiger partial charge < -0.3 is 15.5 Å². The number of nitrogens with zero attached hydrogens (tertiary/aromatic N) is 3. The van der Waals surface area contributed by atoms with Gasteiger partial charge in [0, 0.05) is 32.4 Å². The molecule has 1 atom stereocenters. The van der Waals surface area contributed by atoms with Gasteiger partial charge in [0.2, 0.25) is 0 Å². The molecule has 7 heteroatoms. The van der Waals surface area contributed by atoms with Gasteiger partial charge in [-0.2, -0.15) is 13.2 Å². The summed E-state index contributed by atoms with van der Waals surface area (Å²) in [4.78, 5) is 7.65. The van der Waals surface area contributed by atoms with E-state index in [1.54, 1.807) is 4.90 Å². The van der Waals surface area contributed by atoms with Gasteiger partial charge in [0.1, 0.15) is 5.82 Å². The van der Waals surface area contributed by atoms with Crippen molar-refractivity contribution in [2.45, 2.75) is 12.2 Å². The molecule has 1 unspecified atom stereocenters. The van der Waals surface area contributed by atoms with Crippen LogP contribution in [-0.2, 0) is 6.18 Å². The molecule has 0 saturated carbocycles. The monoisotopic (exact) mass is 274 g/mol. The highest BCUT2D eigenvalue weighted by atomic mass is 19.4. The summed E-state index contributed by atoms with van der Waals surface area (Å²) in [6.07, 6.45) is -3.01. The summed E-state index contributed by atoms with van der Waals surface area (Å²) in [6.45, 7) is 2.14. The Balaban J connectivity index is 2.35. The molecule has 0 aliphatic carbocycles. The first-order valence-electron chi connectivity index (χ1n) is 6.11. The molecule has 2 rings (SSSR count). The second-order valence-electron chi connectivity index (χ2n) is 4.72. The molecule has 0 spiro atoms. The highest BCUT2D eigenvalue weighted by Crippen LogP contribution is 2.36. The Morgan fingerprint density at radius 3 is 2.79 bits per heavy atom. The maximum Gasteiger partial charge on any atom is 0.419 e. The number of rotatable bonds is 2. The van der Waals surface area contributed by atoms with E-state index >= 15 is 0 Å². The van der Waals surface area contributed by atoms with Crippen molar-refractivity contribution in [3.05, 3.63) is 23.9 Å². The minimum atomic E-state index is -4.40. The van der Waals surface area contributed by atoms with Gasteiger partial charge in [-0.3, -0.25) is 0 Å². The van der Waals surface area contributed by atoms with Gasteiger partial charge in [-0.05, 0) is 19.2 Å². The summed E-state index contributed by atoms with van der Waals surface area (Å²) in [5, 5.41) is 0. The third-order valence-corrected chi connectivity index (χ3v) is 3.32. The zero-order valence-electron chi connectivity index (χ0n) is 10.7. The molecule has 1 fully saturated rings. The molecule has 1 saturated heterocycles. The molecule has 2 heterocycles. The number of likely N-dealkylation sites (N-methyl/N-ethyl adjacent to an activating group) is 1. The van der Waals surface area contributed by atoms with Crippen LogP contribution in [0.2, 0.25) is 0 Å². The lowest BCUT2D eigenvalue weighted by atomic mass is 10.1. The molecule has 1 aliphatic heterocycles. The molecule has 1 aromatic rings. The van der Waals surface area contributed by atoms with Crippen LogP contribution in [0.25, 0.3) is 0 Å². The minimum Gasteiger partial charge on any atom is -0.349 e. The summed E-state index contributed by atoms with van der Waals surface area (Å²) in [6, 6.07) is 2.23. The third kappa shape index (κ3) is 2.98. The molecule has 2 N–H and O–H groups in total. The highest BCUT2D eigenvalue weighted by molar-refractivity contribution is 5.50. The number of hydrogen-bond acceptors (Lipinski definition) is 4. The van der Waals surface area contributed by atoms with Crippen LogP contribution < -0.4 is 10.6 Å². The lowest BCUT2D eigenvalue weighted by molar-refractivity contribution is -0.137. The van der Waals surface area contributed by atoms with Crippen LogP contribution in [0.5, 0.6) is 0 Å². The average molecular weight is 274 g/mol. The lowest BCUT2D eigenvalue weighted by Gasteiger charge is -2.41. The van der Waals surface area contributed by atoms with E-state index in [2.05, 4.69) is 9.88 Å². The Morgan fingerprint density at radius 2 is 2.16 bits per heavy atom. The maximum atomic E-state index is 13.0. The van der Waals surface area contributed by atoms with Gasteiger partial charge >= 0.3 is 6.18 Å². The van der Waals surface area contributed by atoms with Crippen LogP contribution in [0.4, 0.5) is 19.0 Å². The number of pyridine rings is 1. The molecule has 19 heavy (non-hydrogen) atoms. The van der Waals surface area contributed by atoms with E-state index in [0.29, 0.717) is 26.2 Å². The fraction of sp³-hybridized carbons (Fsp3) is 0.583. The number of alkyl halides is 3. The van der Waals surface area contributed by atoms with Crippen molar-refractivity contribution in [3.63, 3.8) is 0 Å². The quantitative estimate of drug-likeness (QED) is 0.879. The zero-order valence-corrected chi connectivity index (χ0v) is 10.7. The number of halogens is 3. The molecule has 4 nitrogen and oxygen atoms in total. The van der Waals surface area contributed by atoms with E-state index in [1.807, 2.05) is 7.05 Å². The smallest absolute Gasteiger partial charge is 0.349 e. The largest absolute Gasteiger partial charge is 0.419 e. The second-order valence-corrected chi connectivity index (χ2v) is 4.72. The van der Waals surface area contributed by atoms with Crippen LogP contribution in [0.1, 0.15) is 5.56 Å². The molecule has 1 aliphatic rings. The van der Waals surface area contributed by atoms with Gasteiger partial charge in [0.25, 0.3) is 0 Å². The molecular formula is C12H17F3N4. The Labute approximate surface area is 110 Å². The van der Waals surface area contributed by atoms with Gasteiger partial charge in [-0.15, -0.1) is 0 Å². The first kappa shape index (κ1) is 14.1. The Hall–Kier alpha value is -1.34. The van der Waals surface area contributed by atoms with Gasteiger partial charge in [-0.25, -0.2) is 4.98 Å². The number of piperazine rings is 1. The second kappa shape index (κ2) is 5.34. The van der Waals surface area contributed by atoms with Crippen molar-refractivity contribution in [1.29, 1.82) is 0 Å². The topological polar surface area (TPSA) is 45.4 Å². The van der Waals surface area contributed by atoms with Gasteiger partial charge in [0.05, 0.1) is 11.6 Å². The summed E-state index contributed by atoms with van der Waals surface area (Å²) >= 11 is 0. The zero-order chi connectivity index (χ0) is 14.0. The highest BCUT2D eigenvalue weighted by Gasteiger charge is 2.37. The van der Waals surface area contributed by atoms with Crippen molar-refractivity contribution in [2.24, 2.45) is 5.73 Å². The van der Waals surface area contributed by atoms with Crippen LogP contribution >= 0.6 is 0 Å². The third-order valence-electron chi connectivity index (χ3n) is 3.32. The fourth-order valence-corrected chi connectivity index (χ4v) is 2.34. The summed E-state index contributed by atoms with van der Waals surface area (Å²) in [5.41, 5.74) is 4.98. The average Bonchev–Trinajstić information content (AvgIpc) is 2.37. The molecule has 0 bridgehead atoms. The van der Waals surface area contributed by atoms with Crippen LogP contribution in [0.3, 0.4) is 0 Å². The van der Waals surface area contributed by atoms with Crippen LogP contribution in [0.15, 0.2) is 18.3 Å². The number of hydrogen-bond donors (Lipinski definition) is 1. The summed E-state index contributed by atoms with van der Waals surface area (Å²) < 4.78 is 39.0. The van der Waals surface area contributed by atoms with Crippen molar-refractivity contribution in [3.8, 4) is 0 Å². The number of nitrogens with two attached hydrogens (primary N) is 1. The van der Waals surface area contributed by atoms with Crippen LogP contribution in [-0.4, -0.2) is 49.2 Å². The van der Waals surface area contributed by atoms with E-state index in [1.165, 1.54) is 12.3 Å². The van der Waals surface area contributed by atoms with Gasteiger partial charge in [0.15, 0.2) is 0 Å². The van der Waals surface area contributed by atoms with Crippen molar-refractivity contribution in [2.75, 3.05) is 38.1 Å². The Morgan fingerprint density at radius 1 is 1.42 bits per heavy atom. The number of anilines is 1. The van der Waals surface area contributed by atoms with Crippen molar-refractivity contribution >= 4 is 5.82 Å². The van der Waals surface area contributed by atoms with E-state index in [9.17, 15) is 13.2 Å². The van der Waals surface area contributed by atoms with E-state index < -0.39 is 11.7 Å². The normalized spacial score (nSPS) is 21.7. The van der Waals surface area contributed by atoms with Crippen molar-refractivity contribution in [1.82, 2.24) is 9.88 Å². The summed E-state index contributed by atoms with van der Waals surface area (Å²) in [7, 11) is 1.93. The van der Waals surface area contributed by atoms with Gasteiger partial charge in [-0.1, -0.05) is 0 Å². The standard InChI is InChI=1S/C12H17F3N4/c1-18-5-6-19(9(7-16)8-18)11-10(12(13,14)15)3-2-4-17-11/h2-4,9H,5-8,16H2,1H3. The van der Waals surface area contributed by atoms with Crippen molar-refractivity contribution < 1.29 is 13.2 Å². The molecule has 0 aromatic carbocycles. The molecule has 106 valence electrons. The first-order valence-corrected chi connectivity index (χ1v) is 6.11. The molecule has 0 amide bonds. The summed E-state index contributed by atoms with van der Waals surface area (Å²) in [5.74, 6) is -0.0152. The lowest BCUT2D eigenvalue weighted by Crippen LogP contribution is -2.55. The predicted molar refractivity (Wildman–Crippen MR) is 66.9 cm³/mol. The first-order chi connectivity index (χ1) is 8.93. The Bertz CT molecular complexity index is 435. The SMILES string of the molecule is CN1CCN(c2ncccc2C(F)(F)F)C(CN)C1. The molecule has 1 aromatic heterocycles. The molecular weight excluding hydrogens is 257 g/mol. The van der Waals surface area contributed by atoms with E-state index in [-0.39, 0.29) is 11.9 Å². The van der Waals surface area contributed by atoms with E-state index in [0.717, 1.165) is 6.07 Å². The maximum absolute atomic E-state index is 13.0. The number of aromatic nitrogens is 1. The molecule has 0 radical (unpaired) electrons. The Kier molecular flexibility index (Phi) is 3.96. The van der Waals surface area contributed by atoms with E-state index in [4.69, 9.17) is 5.73 Å².